The zero-order valence-corrected chi connectivity index (χ0v) is 21.5. The Balaban J connectivity index is 1.28. The van der Waals surface area contributed by atoms with Crippen LogP contribution in [0.5, 0.6) is 5.75 Å². The van der Waals surface area contributed by atoms with Crippen LogP contribution in [0.25, 0.3) is 5.52 Å². The first-order valence-electron chi connectivity index (χ1n) is 12.8. The monoisotopic (exact) mass is 505 g/mol. The lowest BCUT2D eigenvalue weighted by atomic mass is 10.0. The number of carbonyl (C=O) groups excluding carboxylic acids is 1. The van der Waals surface area contributed by atoms with Gasteiger partial charge in [0.2, 0.25) is 0 Å². The predicted molar refractivity (Wildman–Crippen MR) is 150 cm³/mol. The minimum atomic E-state index is -0.170. The number of carbonyl (C=O) groups is 1. The Morgan fingerprint density at radius 2 is 1.92 bits per heavy atom. The standard InChI is InChI=1S/C31H31N5O2/c1-3-8-29-28(10-6-19-35-20-7-18-33-35)23(2)36-21-25(13-16-30(29)36)34-31(37)24-11-14-27(15-12-24)38-22-26-9-4-5-17-32-26/h3-5,7,9,11-18,20-21H,1,6,8,10,19,22H2,2H3,(H,34,37). The normalized spacial score (nSPS) is 11.0. The summed E-state index contributed by atoms with van der Waals surface area (Å²) in [7, 11) is 0. The third kappa shape index (κ3) is 5.67. The lowest BCUT2D eigenvalue weighted by molar-refractivity contribution is 0.102. The minimum absolute atomic E-state index is 0.170. The zero-order chi connectivity index (χ0) is 26.3. The van der Waals surface area contributed by atoms with Gasteiger partial charge in [0.15, 0.2) is 0 Å². The van der Waals surface area contributed by atoms with Gasteiger partial charge < -0.3 is 14.5 Å². The molecule has 0 saturated heterocycles. The average Bonchev–Trinajstić information content (AvgIpc) is 3.56. The van der Waals surface area contributed by atoms with E-state index in [0.29, 0.717) is 17.9 Å². The number of aromatic nitrogens is 4. The number of rotatable bonds is 11. The van der Waals surface area contributed by atoms with E-state index >= 15 is 0 Å². The van der Waals surface area contributed by atoms with Crippen LogP contribution < -0.4 is 10.1 Å². The van der Waals surface area contributed by atoms with Gasteiger partial charge in [-0.2, -0.15) is 5.10 Å². The van der Waals surface area contributed by atoms with Crippen LogP contribution in [0.4, 0.5) is 5.69 Å². The molecule has 0 saturated carbocycles. The van der Waals surface area contributed by atoms with E-state index < -0.39 is 0 Å². The van der Waals surface area contributed by atoms with Gasteiger partial charge in [0.05, 0.1) is 11.4 Å². The highest BCUT2D eigenvalue weighted by Gasteiger charge is 2.16. The summed E-state index contributed by atoms with van der Waals surface area (Å²) in [6.45, 7) is 7.35. The quantitative estimate of drug-likeness (QED) is 0.222. The molecule has 0 aliphatic rings. The van der Waals surface area contributed by atoms with Crippen molar-refractivity contribution >= 4 is 17.1 Å². The number of fused-ring (bicyclic) bond motifs is 1. The minimum Gasteiger partial charge on any atom is -0.487 e. The average molecular weight is 506 g/mol. The second kappa shape index (κ2) is 11.6. The molecule has 192 valence electrons. The van der Waals surface area contributed by atoms with E-state index in [1.165, 1.54) is 16.8 Å². The fraction of sp³-hybridized carbons (Fsp3) is 0.194. The molecule has 0 bridgehead atoms. The summed E-state index contributed by atoms with van der Waals surface area (Å²) in [4.78, 5) is 17.2. The molecule has 5 rings (SSSR count). The number of nitrogens with one attached hydrogen (secondary N) is 1. The Morgan fingerprint density at radius 1 is 1.05 bits per heavy atom. The van der Waals surface area contributed by atoms with Gasteiger partial charge in [-0.15, -0.1) is 6.58 Å². The molecule has 0 fully saturated rings. The van der Waals surface area contributed by atoms with Gasteiger partial charge in [0, 0.05) is 48.1 Å². The van der Waals surface area contributed by atoms with Crippen molar-refractivity contribution in [3.63, 3.8) is 0 Å². The second-order valence-corrected chi connectivity index (χ2v) is 9.17. The van der Waals surface area contributed by atoms with Crippen LogP contribution in [0.3, 0.4) is 0 Å². The fourth-order valence-corrected chi connectivity index (χ4v) is 4.72. The molecule has 0 radical (unpaired) electrons. The number of allylic oxidation sites excluding steroid dienone is 1. The van der Waals surface area contributed by atoms with Crippen LogP contribution in [0.15, 0.2) is 98.1 Å². The van der Waals surface area contributed by atoms with Gasteiger partial charge >= 0.3 is 0 Å². The number of hydrogen-bond acceptors (Lipinski definition) is 4. The van der Waals surface area contributed by atoms with Gasteiger partial charge in [-0.25, -0.2) is 0 Å². The van der Waals surface area contributed by atoms with E-state index in [1.807, 2.05) is 59.7 Å². The van der Waals surface area contributed by atoms with Crippen LogP contribution in [-0.2, 0) is 26.0 Å². The van der Waals surface area contributed by atoms with Gasteiger partial charge in [-0.1, -0.05) is 12.1 Å². The third-order valence-electron chi connectivity index (χ3n) is 6.63. The maximum Gasteiger partial charge on any atom is 0.255 e. The Bertz CT molecular complexity index is 1520. The van der Waals surface area contributed by atoms with Crippen LogP contribution in [0, 0.1) is 6.92 Å². The second-order valence-electron chi connectivity index (χ2n) is 9.17. The Kier molecular flexibility index (Phi) is 7.64. The molecule has 0 atom stereocenters. The lowest BCUT2D eigenvalue weighted by Gasteiger charge is -2.09. The van der Waals surface area contributed by atoms with Crippen molar-refractivity contribution in [1.29, 1.82) is 0 Å². The van der Waals surface area contributed by atoms with E-state index in [2.05, 4.69) is 39.4 Å². The third-order valence-corrected chi connectivity index (χ3v) is 6.63. The molecular weight excluding hydrogens is 474 g/mol. The number of ether oxygens (including phenoxy) is 1. The maximum absolute atomic E-state index is 13.0. The Morgan fingerprint density at radius 3 is 2.66 bits per heavy atom. The SMILES string of the molecule is C=CCc1c(CCCn2cccn2)c(C)n2cc(NC(=O)c3ccc(OCc4ccccn4)cc3)ccc12. The van der Waals surface area contributed by atoms with Gasteiger partial charge in [0.25, 0.3) is 5.91 Å². The summed E-state index contributed by atoms with van der Waals surface area (Å²) >= 11 is 0. The van der Waals surface area contributed by atoms with E-state index in [1.54, 1.807) is 30.5 Å². The summed E-state index contributed by atoms with van der Waals surface area (Å²) in [5.41, 5.74) is 7.10. The van der Waals surface area contributed by atoms with Crippen molar-refractivity contribution in [2.45, 2.75) is 39.3 Å². The number of aryl methyl sites for hydroxylation is 2. The van der Waals surface area contributed by atoms with Crippen molar-refractivity contribution in [3.05, 3.63) is 126 Å². The maximum atomic E-state index is 13.0. The largest absolute Gasteiger partial charge is 0.487 e. The highest BCUT2D eigenvalue weighted by molar-refractivity contribution is 6.04. The first kappa shape index (κ1) is 25.0. The molecule has 0 aliphatic carbocycles. The van der Waals surface area contributed by atoms with E-state index in [9.17, 15) is 4.79 Å². The number of benzene rings is 1. The van der Waals surface area contributed by atoms with Crippen molar-refractivity contribution in [2.75, 3.05) is 5.32 Å². The molecule has 7 heteroatoms. The topological polar surface area (TPSA) is 73.5 Å². The molecule has 7 nitrogen and oxygen atoms in total. The van der Waals surface area contributed by atoms with Gasteiger partial charge in [-0.3, -0.25) is 14.5 Å². The molecule has 4 aromatic heterocycles. The van der Waals surface area contributed by atoms with E-state index in [0.717, 1.165) is 42.7 Å². The molecule has 0 aliphatic heterocycles. The van der Waals surface area contributed by atoms with Crippen LogP contribution in [-0.4, -0.2) is 25.1 Å². The van der Waals surface area contributed by atoms with Crippen molar-refractivity contribution in [3.8, 4) is 5.75 Å². The fourth-order valence-electron chi connectivity index (χ4n) is 4.72. The summed E-state index contributed by atoms with van der Waals surface area (Å²) < 4.78 is 9.92. The number of pyridine rings is 2. The number of nitrogens with zero attached hydrogens (tertiary/aromatic N) is 4. The Labute approximate surface area is 222 Å². The molecule has 38 heavy (non-hydrogen) atoms. The molecule has 5 aromatic rings. The molecule has 1 aromatic carbocycles. The van der Waals surface area contributed by atoms with Crippen LogP contribution in [0.2, 0.25) is 0 Å². The zero-order valence-electron chi connectivity index (χ0n) is 21.5. The first-order chi connectivity index (χ1) is 18.6. The van der Waals surface area contributed by atoms with E-state index in [4.69, 9.17) is 4.74 Å². The number of hydrogen-bond donors (Lipinski definition) is 1. The molecule has 0 unspecified atom stereocenters. The lowest BCUT2D eigenvalue weighted by Crippen LogP contribution is -2.12. The smallest absolute Gasteiger partial charge is 0.255 e. The molecular formula is C31H31N5O2. The van der Waals surface area contributed by atoms with E-state index in [-0.39, 0.29) is 5.91 Å². The van der Waals surface area contributed by atoms with Crippen LogP contribution in [0.1, 0.15) is 39.3 Å². The highest BCUT2D eigenvalue weighted by Crippen LogP contribution is 2.28. The van der Waals surface area contributed by atoms with Gasteiger partial charge in [-0.05, 0) is 91.9 Å². The number of amides is 1. The van der Waals surface area contributed by atoms with Crippen molar-refractivity contribution < 1.29 is 9.53 Å². The van der Waals surface area contributed by atoms with Crippen molar-refractivity contribution in [1.82, 2.24) is 19.2 Å². The van der Waals surface area contributed by atoms with Crippen molar-refractivity contribution in [2.24, 2.45) is 0 Å². The number of anilines is 1. The first-order valence-corrected chi connectivity index (χ1v) is 12.8. The Hall–Kier alpha value is -4.65. The summed E-state index contributed by atoms with van der Waals surface area (Å²) in [5.74, 6) is 0.516. The molecule has 1 amide bonds. The van der Waals surface area contributed by atoms with Gasteiger partial charge in [0.1, 0.15) is 12.4 Å². The molecule has 4 heterocycles. The summed E-state index contributed by atoms with van der Waals surface area (Å²) in [6.07, 6.45) is 12.2. The highest BCUT2D eigenvalue weighted by atomic mass is 16.5. The summed E-state index contributed by atoms with van der Waals surface area (Å²) in [5, 5.41) is 7.34. The summed E-state index contributed by atoms with van der Waals surface area (Å²) in [6, 6.07) is 18.8. The molecule has 1 N–H and O–H groups in total. The predicted octanol–water partition coefficient (Wildman–Crippen LogP) is 6.03. The van der Waals surface area contributed by atoms with Crippen LogP contribution >= 0.6 is 0 Å². The molecule has 0 spiro atoms.